The zero-order chi connectivity index (χ0) is 24.1. The third kappa shape index (κ3) is 6.23. The average molecular weight is 467 g/mol. The number of aromatic nitrogens is 4. The van der Waals surface area contributed by atoms with Crippen molar-refractivity contribution in [1.29, 1.82) is 0 Å². The van der Waals surface area contributed by atoms with Gasteiger partial charge < -0.3 is 19.3 Å². The number of nitrogens with zero attached hydrogens (tertiary/aromatic N) is 4. The second-order valence-corrected chi connectivity index (χ2v) is 8.45. The van der Waals surface area contributed by atoms with Crippen molar-refractivity contribution in [2.45, 2.75) is 46.6 Å². The molecular formula is C20H30N5O6P. The van der Waals surface area contributed by atoms with Crippen molar-refractivity contribution < 1.29 is 18.9 Å². The molecule has 2 aliphatic heterocycles. The molecule has 12 heteroatoms. The van der Waals surface area contributed by atoms with Gasteiger partial charge in [-0.1, -0.05) is 13.8 Å². The standard InChI is InChI=1S/C18H24N5O6P.C2H6/c1-11-9-12-14(10-13(11)22(2)3)23(7-5-4-6-8-29-30(26,27)28)16-15(19-12)17(24)21-18(25)20-16;1-2/h9-10H,4-8H2,1-3H3,(H,21,24,25)(H2,26,27,28);1-2H3. The lowest BCUT2D eigenvalue weighted by atomic mass is 10.1. The summed E-state index contributed by atoms with van der Waals surface area (Å²) in [6.45, 7) is 6.34. The van der Waals surface area contributed by atoms with Crippen molar-refractivity contribution in [1.82, 2.24) is 19.5 Å². The molecule has 0 aliphatic carbocycles. The van der Waals surface area contributed by atoms with Crippen LogP contribution in [0, 0.1) is 6.92 Å². The maximum atomic E-state index is 12.3. The SMILES string of the molecule is CC.Cc1cc2nc3c(=O)[nH]c(=O)nc-3n(CCCCCOP(=O)(O)O)c2cc1N(C)C. The van der Waals surface area contributed by atoms with Gasteiger partial charge in [0.2, 0.25) is 0 Å². The first kappa shape index (κ1) is 25.7. The van der Waals surface area contributed by atoms with Crippen LogP contribution in [0.1, 0.15) is 38.7 Å². The van der Waals surface area contributed by atoms with Crippen molar-refractivity contribution in [2.75, 3.05) is 25.6 Å². The minimum atomic E-state index is -4.47. The van der Waals surface area contributed by atoms with Gasteiger partial charge in [-0.15, -0.1) is 0 Å². The van der Waals surface area contributed by atoms with Crippen molar-refractivity contribution in [3.8, 4) is 11.5 Å². The van der Waals surface area contributed by atoms with E-state index >= 15 is 0 Å². The van der Waals surface area contributed by atoms with E-state index in [1.54, 1.807) is 4.57 Å². The molecule has 11 nitrogen and oxygen atoms in total. The lowest BCUT2D eigenvalue weighted by molar-refractivity contribution is 0.193. The number of unbranched alkanes of at least 4 members (excludes halogenated alkanes) is 2. The van der Waals surface area contributed by atoms with Crippen LogP contribution in [0.3, 0.4) is 0 Å². The van der Waals surface area contributed by atoms with E-state index in [4.69, 9.17) is 9.79 Å². The lowest BCUT2D eigenvalue weighted by Crippen LogP contribution is -2.29. The summed E-state index contributed by atoms with van der Waals surface area (Å²) in [5.41, 5.74) is 2.07. The number of hydrogen-bond acceptors (Lipinski definition) is 7. The molecule has 32 heavy (non-hydrogen) atoms. The van der Waals surface area contributed by atoms with Crippen molar-refractivity contribution in [2.24, 2.45) is 0 Å². The number of phosphoric ester groups is 1. The van der Waals surface area contributed by atoms with Gasteiger partial charge in [-0.2, -0.15) is 4.98 Å². The molecule has 0 saturated heterocycles. The summed E-state index contributed by atoms with van der Waals surface area (Å²) in [7, 11) is -0.623. The molecule has 2 heterocycles. The van der Waals surface area contributed by atoms with Crippen LogP contribution in [-0.2, 0) is 15.6 Å². The normalized spacial score (nSPS) is 11.5. The number of hydrogen-bond donors (Lipinski definition) is 3. The number of benzene rings is 1. The van der Waals surface area contributed by atoms with Gasteiger partial charge in [0.15, 0.2) is 11.5 Å². The Morgan fingerprint density at radius 2 is 1.81 bits per heavy atom. The third-order valence-electron chi connectivity index (χ3n) is 4.69. The van der Waals surface area contributed by atoms with Gasteiger partial charge in [0, 0.05) is 26.3 Å². The van der Waals surface area contributed by atoms with Crippen LogP contribution >= 0.6 is 7.82 Å². The van der Waals surface area contributed by atoms with E-state index in [0.29, 0.717) is 31.3 Å². The minimum Gasteiger partial charge on any atom is -0.377 e. The fourth-order valence-corrected chi connectivity index (χ4v) is 3.74. The molecule has 0 unspecified atom stereocenters. The topological polar surface area (TPSA) is 151 Å². The van der Waals surface area contributed by atoms with Gasteiger partial charge in [-0.25, -0.2) is 14.3 Å². The Hall–Kier alpha value is -2.59. The molecule has 2 aliphatic rings. The van der Waals surface area contributed by atoms with E-state index in [1.165, 1.54) is 0 Å². The average Bonchev–Trinajstić information content (AvgIpc) is 2.70. The Morgan fingerprint density at radius 3 is 2.44 bits per heavy atom. The molecule has 0 fully saturated rings. The molecule has 0 atom stereocenters. The summed E-state index contributed by atoms with van der Waals surface area (Å²) in [4.78, 5) is 54.1. The van der Waals surface area contributed by atoms with Crippen LogP contribution in [0.25, 0.3) is 22.6 Å². The highest BCUT2D eigenvalue weighted by Crippen LogP contribution is 2.35. The highest BCUT2D eigenvalue weighted by molar-refractivity contribution is 7.46. The van der Waals surface area contributed by atoms with Gasteiger partial charge in [0.05, 0.1) is 17.6 Å². The molecule has 0 amide bonds. The molecular weight excluding hydrogens is 437 g/mol. The zero-order valence-electron chi connectivity index (χ0n) is 19.0. The van der Waals surface area contributed by atoms with Gasteiger partial charge in [-0.3, -0.25) is 14.3 Å². The number of H-pyrrole nitrogens is 1. The predicted octanol–water partition coefficient (Wildman–Crippen LogP) is 2.26. The van der Waals surface area contributed by atoms with Gasteiger partial charge in [-0.05, 0) is 43.9 Å². The van der Waals surface area contributed by atoms with Crippen LogP contribution in [0.15, 0.2) is 21.7 Å². The maximum Gasteiger partial charge on any atom is 0.469 e. The van der Waals surface area contributed by atoms with Crippen LogP contribution in [-0.4, -0.2) is 50.0 Å². The van der Waals surface area contributed by atoms with E-state index < -0.39 is 19.1 Å². The third-order valence-corrected chi connectivity index (χ3v) is 5.21. The molecule has 3 N–H and O–H groups in total. The van der Waals surface area contributed by atoms with Gasteiger partial charge >= 0.3 is 13.5 Å². The fourth-order valence-electron chi connectivity index (χ4n) is 3.37. The number of phosphoric acid groups is 1. The molecule has 1 aromatic rings. The molecule has 0 radical (unpaired) electrons. The second kappa shape index (κ2) is 10.8. The maximum absolute atomic E-state index is 12.3. The Bertz CT molecular complexity index is 1200. The highest BCUT2D eigenvalue weighted by atomic mass is 31.2. The molecule has 1 aromatic carbocycles. The zero-order valence-corrected chi connectivity index (χ0v) is 19.8. The molecule has 0 bridgehead atoms. The van der Waals surface area contributed by atoms with Crippen LogP contribution in [0.4, 0.5) is 5.69 Å². The minimum absolute atomic E-state index is 0.0562. The monoisotopic (exact) mass is 467 g/mol. The van der Waals surface area contributed by atoms with Crippen molar-refractivity contribution in [3.63, 3.8) is 0 Å². The first-order valence-electron chi connectivity index (χ1n) is 10.4. The number of anilines is 1. The molecule has 0 saturated carbocycles. The molecule has 0 aromatic heterocycles. The predicted molar refractivity (Wildman–Crippen MR) is 123 cm³/mol. The van der Waals surface area contributed by atoms with Crippen LogP contribution in [0.2, 0.25) is 0 Å². The summed E-state index contributed by atoms with van der Waals surface area (Å²) in [5, 5.41) is 0. The van der Waals surface area contributed by atoms with Crippen molar-refractivity contribution >= 4 is 24.5 Å². The number of rotatable bonds is 8. The smallest absolute Gasteiger partial charge is 0.377 e. The number of aromatic amines is 1. The highest BCUT2D eigenvalue weighted by Gasteiger charge is 2.20. The summed E-state index contributed by atoms with van der Waals surface area (Å²) in [6.07, 6.45) is 1.70. The largest absolute Gasteiger partial charge is 0.469 e. The molecule has 176 valence electrons. The van der Waals surface area contributed by atoms with Gasteiger partial charge in [0.1, 0.15) is 0 Å². The van der Waals surface area contributed by atoms with E-state index in [-0.39, 0.29) is 18.1 Å². The fraction of sp³-hybridized carbons (Fsp3) is 0.500. The summed E-state index contributed by atoms with van der Waals surface area (Å²) in [5.74, 6) is 0.205. The Balaban J connectivity index is 0.00000176. The Morgan fingerprint density at radius 1 is 1.12 bits per heavy atom. The summed E-state index contributed by atoms with van der Waals surface area (Å²) in [6, 6.07) is 3.83. The van der Waals surface area contributed by atoms with Gasteiger partial charge in [0.25, 0.3) is 5.56 Å². The van der Waals surface area contributed by atoms with E-state index in [0.717, 1.165) is 16.8 Å². The Labute approximate surface area is 185 Å². The number of nitrogens with one attached hydrogen (secondary N) is 1. The van der Waals surface area contributed by atoms with Crippen LogP contribution < -0.4 is 16.1 Å². The first-order chi connectivity index (χ1) is 15.1. The summed E-state index contributed by atoms with van der Waals surface area (Å²) >= 11 is 0. The van der Waals surface area contributed by atoms with E-state index in [9.17, 15) is 14.2 Å². The van der Waals surface area contributed by atoms with Crippen molar-refractivity contribution in [3.05, 3.63) is 38.5 Å². The number of aryl methyl sites for hydroxylation is 2. The quantitative estimate of drug-likeness (QED) is 0.257. The molecule has 3 rings (SSSR count). The summed E-state index contributed by atoms with van der Waals surface area (Å²) < 4.78 is 17.0. The van der Waals surface area contributed by atoms with E-state index in [1.807, 2.05) is 51.9 Å². The van der Waals surface area contributed by atoms with Crippen LogP contribution in [0.5, 0.6) is 0 Å². The molecule has 0 spiro atoms. The second-order valence-electron chi connectivity index (χ2n) is 7.21. The first-order valence-corrected chi connectivity index (χ1v) is 11.9. The Kier molecular flexibility index (Phi) is 8.68. The van der Waals surface area contributed by atoms with E-state index in [2.05, 4.69) is 19.5 Å². The number of fused-ring (bicyclic) bond motifs is 2. The lowest BCUT2D eigenvalue weighted by Gasteiger charge is -2.21.